The standard InChI is InChI=1S/C39H73NO6.C6H10O4/c1-6-10-14-16-23-33(21-12-8-3)29-39(38(43)44,30-34(22-13-9-4)24-17-15-11-7-2)27-20-26-36(41)45-31-32(5)46-37(42)35-25-18-19-28-40-35;7-5(8)3-1-2-4-6(9)10/h32-35,40H,6-31H2,1-5H3,(H,43,44);1-4H2,(H,7,8)(H,9,10). The summed E-state index contributed by atoms with van der Waals surface area (Å²) in [7, 11) is 0. The summed E-state index contributed by atoms with van der Waals surface area (Å²) in [4.78, 5) is 58.4. The zero-order valence-corrected chi connectivity index (χ0v) is 36.2. The molecule has 4 N–H and O–H groups in total. The average molecular weight is 798 g/mol. The topological polar surface area (TPSA) is 177 Å². The summed E-state index contributed by atoms with van der Waals surface area (Å²) in [6, 6.07) is -0.281. The molecule has 11 heteroatoms. The first-order valence-electron chi connectivity index (χ1n) is 22.6. The van der Waals surface area contributed by atoms with E-state index in [1.54, 1.807) is 6.92 Å². The molecule has 0 aromatic rings. The third-order valence-corrected chi connectivity index (χ3v) is 11.1. The Hall–Kier alpha value is -2.69. The Morgan fingerprint density at radius 3 is 1.57 bits per heavy atom. The largest absolute Gasteiger partial charge is 0.481 e. The Labute approximate surface area is 340 Å². The minimum absolute atomic E-state index is 0.0229. The molecule has 56 heavy (non-hydrogen) atoms. The number of unbranched alkanes of at least 4 members (excludes halogenated alkanes) is 9. The Morgan fingerprint density at radius 2 is 1.14 bits per heavy atom. The maximum Gasteiger partial charge on any atom is 0.323 e. The van der Waals surface area contributed by atoms with Gasteiger partial charge in [-0.2, -0.15) is 0 Å². The quantitative estimate of drug-likeness (QED) is 0.0360. The molecule has 1 rings (SSSR count). The van der Waals surface area contributed by atoms with Gasteiger partial charge >= 0.3 is 29.8 Å². The number of nitrogens with one attached hydrogen (secondary N) is 1. The molecule has 0 bridgehead atoms. The zero-order chi connectivity index (χ0) is 42.0. The third kappa shape index (κ3) is 27.8. The molecule has 1 heterocycles. The highest BCUT2D eigenvalue weighted by molar-refractivity contribution is 5.76. The first-order chi connectivity index (χ1) is 26.8. The molecule has 1 aliphatic rings. The van der Waals surface area contributed by atoms with Gasteiger partial charge in [0.25, 0.3) is 0 Å². The first kappa shape index (κ1) is 53.3. The molecule has 0 spiro atoms. The Morgan fingerprint density at radius 1 is 0.643 bits per heavy atom. The van der Waals surface area contributed by atoms with Crippen LogP contribution in [0.15, 0.2) is 0 Å². The van der Waals surface area contributed by atoms with Crippen molar-refractivity contribution in [2.24, 2.45) is 17.3 Å². The van der Waals surface area contributed by atoms with E-state index in [4.69, 9.17) is 19.7 Å². The minimum atomic E-state index is -0.870. The van der Waals surface area contributed by atoms with E-state index in [1.807, 2.05) is 0 Å². The minimum Gasteiger partial charge on any atom is -0.481 e. The van der Waals surface area contributed by atoms with Crippen molar-refractivity contribution in [2.75, 3.05) is 13.2 Å². The lowest BCUT2D eigenvalue weighted by molar-refractivity contribution is -0.160. The van der Waals surface area contributed by atoms with Gasteiger partial charge in [-0.25, -0.2) is 0 Å². The summed E-state index contributed by atoms with van der Waals surface area (Å²) in [5, 5.41) is 30.4. The number of rotatable bonds is 34. The van der Waals surface area contributed by atoms with Crippen molar-refractivity contribution in [2.45, 2.75) is 227 Å². The van der Waals surface area contributed by atoms with Crippen LogP contribution in [0.2, 0.25) is 0 Å². The Balaban J connectivity index is 0.00000264. The number of carboxylic acid groups (broad SMARTS) is 3. The molecule has 1 fully saturated rings. The number of piperidine rings is 1. The van der Waals surface area contributed by atoms with Crippen molar-refractivity contribution < 1.29 is 48.8 Å². The highest BCUT2D eigenvalue weighted by Crippen LogP contribution is 2.44. The number of carboxylic acids is 3. The summed E-state index contributed by atoms with van der Waals surface area (Å²) in [5.74, 6) is -2.24. The van der Waals surface area contributed by atoms with Crippen LogP contribution >= 0.6 is 0 Å². The first-order valence-corrected chi connectivity index (χ1v) is 22.6. The highest BCUT2D eigenvalue weighted by atomic mass is 16.6. The Kier molecular flexibility index (Phi) is 32.7. The van der Waals surface area contributed by atoms with Crippen molar-refractivity contribution in [3.63, 3.8) is 0 Å². The monoisotopic (exact) mass is 798 g/mol. The van der Waals surface area contributed by atoms with E-state index >= 15 is 0 Å². The van der Waals surface area contributed by atoms with Crippen molar-refractivity contribution in [1.29, 1.82) is 0 Å². The normalized spacial score (nSPS) is 16.7. The molecule has 0 aromatic heterocycles. The molecule has 4 unspecified atom stereocenters. The van der Waals surface area contributed by atoms with Crippen molar-refractivity contribution in [1.82, 2.24) is 5.32 Å². The van der Waals surface area contributed by atoms with Gasteiger partial charge in [0, 0.05) is 19.3 Å². The SMILES string of the molecule is CCCCCCC(CCCC)CC(CCCC(=O)OCC(C)OC(=O)C1CCCCN1)(CC(CCCC)CCCCCC)C(=O)O.O=C(O)CCCCC(=O)O. The van der Waals surface area contributed by atoms with E-state index in [9.17, 15) is 29.1 Å². The van der Waals surface area contributed by atoms with E-state index in [-0.39, 0.29) is 43.8 Å². The number of esters is 2. The van der Waals surface area contributed by atoms with Crippen LogP contribution in [0.4, 0.5) is 0 Å². The predicted molar refractivity (Wildman–Crippen MR) is 223 cm³/mol. The van der Waals surface area contributed by atoms with E-state index < -0.39 is 29.4 Å². The number of carbonyl (C=O) groups excluding carboxylic acids is 2. The van der Waals surface area contributed by atoms with Crippen LogP contribution in [0.25, 0.3) is 0 Å². The van der Waals surface area contributed by atoms with Crippen LogP contribution in [-0.2, 0) is 33.4 Å². The molecule has 0 aromatic carbocycles. The highest BCUT2D eigenvalue weighted by Gasteiger charge is 2.41. The molecular formula is C45H83NO10. The van der Waals surface area contributed by atoms with E-state index in [1.165, 1.54) is 51.4 Å². The fraction of sp³-hybridized carbons (Fsp3) is 0.889. The molecule has 1 saturated heterocycles. The van der Waals surface area contributed by atoms with Gasteiger partial charge in [-0.3, -0.25) is 24.0 Å². The molecule has 328 valence electrons. The van der Waals surface area contributed by atoms with Crippen LogP contribution < -0.4 is 5.32 Å². The fourth-order valence-electron chi connectivity index (χ4n) is 7.85. The molecule has 0 radical (unpaired) electrons. The maximum atomic E-state index is 13.3. The van der Waals surface area contributed by atoms with Crippen molar-refractivity contribution in [3.05, 3.63) is 0 Å². The number of hydrogen-bond donors (Lipinski definition) is 4. The summed E-state index contributed by atoms with van der Waals surface area (Å²) in [5.41, 5.74) is -0.817. The van der Waals surface area contributed by atoms with E-state index in [0.29, 0.717) is 50.4 Å². The van der Waals surface area contributed by atoms with Gasteiger partial charge in [0.2, 0.25) is 0 Å². The lowest BCUT2D eigenvalue weighted by Crippen LogP contribution is -2.42. The lowest BCUT2D eigenvalue weighted by Gasteiger charge is -2.37. The molecule has 1 aliphatic heterocycles. The number of hydrogen-bond acceptors (Lipinski definition) is 8. The summed E-state index contributed by atoms with van der Waals surface area (Å²) in [6.45, 7) is 11.5. The number of ether oxygens (including phenoxy) is 2. The van der Waals surface area contributed by atoms with Crippen LogP contribution in [0, 0.1) is 17.3 Å². The number of carbonyl (C=O) groups is 5. The van der Waals surface area contributed by atoms with Crippen LogP contribution in [0.3, 0.4) is 0 Å². The smallest absolute Gasteiger partial charge is 0.323 e. The van der Waals surface area contributed by atoms with Gasteiger partial charge < -0.3 is 30.1 Å². The summed E-state index contributed by atoms with van der Waals surface area (Å²) < 4.78 is 11.0. The van der Waals surface area contributed by atoms with Crippen LogP contribution in [0.1, 0.15) is 214 Å². The van der Waals surface area contributed by atoms with Gasteiger partial charge in [-0.05, 0) is 76.7 Å². The molecule has 0 amide bonds. The molecular weight excluding hydrogens is 714 g/mol. The van der Waals surface area contributed by atoms with Gasteiger partial charge in [0.15, 0.2) is 0 Å². The molecule has 4 atom stereocenters. The Bertz CT molecular complexity index is 1000. The molecule has 0 aliphatic carbocycles. The van der Waals surface area contributed by atoms with Crippen LogP contribution in [0.5, 0.6) is 0 Å². The number of aliphatic carboxylic acids is 3. The van der Waals surface area contributed by atoms with E-state index in [2.05, 4.69) is 33.0 Å². The molecule has 0 saturated carbocycles. The van der Waals surface area contributed by atoms with Gasteiger partial charge in [0.1, 0.15) is 18.8 Å². The van der Waals surface area contributed by atoms with Crippen molar-refractivity contribution in [3.8, 4) is 0 Å². The van der Waals surface area contributed by atoms with Gasteiger partial charge in [-0.1, -0.05) is 137 Å². The lowest BCUT2D eigenvalue weighted by atomic mass is 9.67. The molecule has 11 nitrogen and oxygen atoms in total. The van der Waals surface area contributed by atoms with Crippen LogP contribution in [-0.4, -0.2) is 70.5 Å². The maximum absolute atomic E-state index is 13.3. The van der Waals surface area contributed by atoms with Gasteiger partial charge in [-0.15, -0.1) is 0 Å². The summed E-state index contributed by atoms with van der Waals surface area (Å²) >= 11 is 0. The third-order valence-electron chi connectivity index (χ3n) is 11.1. The average Bonchev–Trinajstić information content (AvgIpc) is 3.17. The van der Waals surface area contributed by atoms with Crippen molar-refractivity contribution >= 4 is 29.8 Å². The second-order valence-electron chi connectivity index (χ2n) is 16.5. The fourth-order valence-corrected chi connectivity index (χ4v) is 7.85. The predicted octanol–water partition coefficient (Wildman–Crippen LogP) is 10.9. The van der Waals surface area contributed by atoms with Gasteiger partial charge in [0.05, 0.1) is 5.41 Å². The summed E-state index contributed by atoms with van der Waals surface area (Å²) in [6.07, 6.45) is 24.5. The van der Waals surface area contributed by atoms with E-state index in [0.717, 1.165) is 77.2 Å². The second-order valence-corrected chi connectivity index (χ2v) is 16.5. The second kappa shape index (κ2) is 34.4. The zero-order valence-electron chi connectivity index (χ0n) is 36.2.